The molecule has 0 radical (unpaired) electrons. The molecule has 9 nitrogen and oxygen atoms in total. The van der Waals surface area contributed by atoms with Crippen LogP contribution in [0.3, 0.4) is 0 Å². The van der Waals surface area contributed by atoms with Gasteiger partial charge in [0.15, 0.2) is 17.3 Å². The Morgan fingerprint density at radius 1 is 1.13 bits per heavy atom. The van der Waals surface area contributed by atoms with Crippen LogP contribution in [0.4, 0.5) is 10.5 Å². The Bertz CT molecular complexity index is 1050. The van der Waals surface area contributed by atoms with Gasteiger partial charge < -0.3 is 24.8 Å². The number of fused-ring (bicyclic) bond motifs is 1. The SMILES string of the molecule is O=C(NCCOc1ccc2c(c1)OCO2)Nc1ccc(-c2n[nH]c(C3CC3)n2)cc1. The summed E-state index contributed by atoms with van der Waals surface area (Å²) < 4.78 is 16.2. The Balaban J connectivity index is 1.07. The molecule has 0 unspecified atom stereocenters. The first-order valence-corrected chi connectivity index (χ1v) is 9.85. The van der Waals surface area contributed by atoms with Gasteiger partial charge in [-0.2, -0.15) is 5.10 Å². The lowest BCUT2D eigenvalue weighted by Gasteiger charge is -2.09. The van der Waals surface area contributed by atoms with Gasteiger partial charge in [0.05, 0.1) is 6.54 Å². The van der Waals surface area contributed by atoms with Crippen LogP contribution in [0.2, 0.25) is 0 Å². The molecule has 3 aromatic rings. The maximum atomic E-state index is 12.1. The molecule has 1 saturated carbocycles. The number of aromatic nitrogens is 3. The largest absolute Gasteiger partial charge is 0.492 e. The summed E-state index contributed by atoms with van der Waals surface area (Å²) in [5.41, 5.74) is 1.59. The van der Waals surface area contributed by atoms with Gasteiger partial charge in [0.25, 0.3) is 0 Å². The molecule has 2 amide bonds. The van der Waals surface area contributed by atoms with Crippen LogP contribution in [0, 0.1) is 0 Å². The number of hydrogen-bond donors (Lipinski definition) is 3. The fourth-order valence-electron chi connectivity index (χ4n) is 3.12. The van der Waals surface area contributed by atoms with E-state index in [9.17, 15) is 4.79 Å². The summed E-state index contributed by atoms with van der Waals surface area (Å²) in [6.45, 7) is 0.918. The number of carbonyl (C=O) groups excluding carboxylic acids is 1. The van der Waals surface area contributed by atoms with Crippen molar-refractivity contribution >= 4 is 11.7 Å². The van der Waals surface area contributed by atoms with Crippen LogP contribution in [0.5, 0.6) is 17.2 Å². The molecule has 1 aliphatic heterocycles. The zero-order valence-corrected chi connectivity index (χ0v) is 16.2. The maximum absolute atomic E-state index is 12.1. The van der Waals surface area contributed by atoms with E-state index in [1.54, 1.807) is 18.2 Å². The summed E-state index contributed by atoms with van der Waals surface area (Å²) in [4.78, 5) is 16.6. The molecule has 2 aromatic carbocycles. The molecule has 2 aliphatic rings. The molecule has 2 heterocycles. The molecule has 0 bridgehead atoms. The van der Waals surface area contributed by atoms with Gasteiger partial charge in [-0.3, -0.25) is 5.10 Å². The summed E-state index contributed by atoms with van der Waals surface area (Å²) in [6, 6.07) is 12.5. The molecule has 3 N–H and O–H groups in total. The summed E-state index contributed by atoms with van der Waals surface area (Å²) >= 11 is 0. The van der Waals surface area contributed by atoms with E-state index in [0.29, 0.717) is 47.8 Å². The van der Waals surface area contributed by atoms with E-state index in [1.807, 2.05) is 24.3 Å². The molecule has 1 aliphatic carbocycles. The van der Waals surface area contributed by atoms with Crippen molar-refractivity contribution in [1.82, 2.24) is 20.5 Å². The minimum atomic E-state index is -0.300. The Morgan fingerprint density at radius 3 is 2.80 bits per heavy atom. The van der Waals surface area contributed by atoms with Gasteiger partial charge in [-0.25, -0.2) is 9.78 Å². The first-order chi connectivity index (χ1) is 14.7. The van der Waals surface area contributed by atoms with Gasteiger partial charge in [-0.1, -0.05) is 0 Å². The van der Waals surface area contributed by atoms with E-state index in [1.165, 1.54) is 12.8 Å². The van der Waals surface area contributed by atoms with E-state index in [0.717, 1.165) is 11.4 Å². The lowest BCUT2D eigenvalue weighted by Crippen LogP contribution is -2.32. The molecule has 30 heavy (non-hydrogen) atoms. The van der Waals surface area contributed by atoms with E-state index < -0.39 is 0 Å². The number of H-pyrrole nitrogens is 1. The van der Waals surface area contributed by atoms with Gasteiger partial charge in [0.2, 0.25) is 6.79 Å². The van der Waals surface area contributed by atoms with E-state index in [-0.39, 0.29) is 12.8 Å². The highest BCUT2D eigenvalue weighted by Crippen LogP contribution is 2.38. The predicted octanol–water partition coefficient (Wildman–Crippen LogP) is 3.28. The van der Waals surface area contributed by atoms with Gasteiger partial charge in [0, 0.05) is 23.2 Å². The Labute approximate surface area is 172 Å². The van der Waals surface area contributed by atoms with Crippen molar-refractivity contribution in [1.29, 1.82) is 0 Å². The lowest BCUT2D eigenvalue weighted by molar-refractivity contribution is 0.173. The second kappa shape index (κ2) is 7.94. The molecule has 154 valence electrons. The molecular weight excluding hydrogens is 386 g/mol. The van der Waals surface area contributed by atoms with E-state index in [2.05, 4.69) is 25.8 Å². The molecule has 0 atom stereocenters. The third-order valence-electron chi connectivity index (χ3n) is 4.87. The van der Waals surface area contributed by atoms with E-state index in [4.69, 9.17) is 14.2 Å². The van der Waals surface area contributed by atoms with Crippen molar-refractivity contribution in [3.05, 3.63) is 48.3 Å². The summed E-state index contributed by atoms with van der Waals surface area (Å²) in [5, 5.41) is 12.8. The molecule has 0 spiro atoms. The van der Waals surface area contributed by atoms with Gasteiger partial charge >= 0.3 is 6.03 Å². The molecule has 1 aromatic heterocycles. The highest BCUT2D eigenvalue weighted by molar-refractivity contribution is 5.89. The Morgan fingerprint density at radius 2 is 1.97 bits per heavy atom. The van der Waals surface area contributed by atoms with Crippen LogP contribution in [0.25, 0.3) is 11.4 Å². The highest BCUT2D eigenvalue weighted by Gasteiger charge is 2.27. The second-order valence-electron chi connectivity index (χ2n) is 7.14. The Hall–Kier alpha value is -3.75. The smallest absolute Gasteiger partial charge is 0.319 e. The number of aromatic amines is 1. The number of benzene rings is 2. The zero-order chi connectivity index (χ0) is 20.3. The summed E-state index contributed by atoms with van der Waals surface area (Å²) in [6.07, 6.45) is 2.35. The normalized spacial score (nSPS) is 14.4. The zero-order valence-electron chi connectivity index (χ0n) is 16.2. The first kappa shape index (κ1) is 18.3. The lowest BCUT2D eigenvalue weighted by atomic mass is 10.2. The molecule has 0 saturated heterocycles. The summed E-state index contributed by atoms with van der Waals surface area (Å²) in [7, 11) is 0. The predicted molar refractivity (Wildman–Crippen MR) is 109 cm³/mol. The first-order valence-electron chi connectivity index (χ1n) is 9.85. The number of ether oxygens (including phenoxy) is 3. The van der Waals surface area contributed by atoms with Crippen LogP contribution in [0.15, 0.2) is 42.5 Å². The van der Waals surface area contributed by atoms with Crippen LogP contribution < -0.4 is 24.8 Å². The standard InChI is InChI=1S/C21H21N5O4/c27-21(22-9-10-28-16-7-8-17-18(11-16)30-12-29-17)23-15-5-3-14(4-6-15)20-24-19(25-26-20)13-1-2-13/h3-8,11,13H,1-2,9-10,12H2,(H2,22,23,27)(H,24,25,26). The number of anilines is 1. The molecule has 9 heteroatoms. The van der Waals surface area contributed by atoms with Gasteiger partial charge in [-0.05, 0) is 49.2 Å². The van der Waals surface area contributed by atoms with Crippen LogP contribution in [-0.4, -0.2) is 41.2 Å². The third kappa shape index (κ3) is 4.14. The highest BCUT2D eigenvalue weighted by atomic mass is 16.7. The second-order valence-corrected chi connectivity index (χ2v) is 7.14. The quantitative estimate of drug-likeness (QED) is 0.519. The van der Waals surface area contributed by atoms with Crippen molar-refractivity contribution < 1.29 is 19.0 Å². The van der Waals surface area contributed by atoms with Crippen LogP contribution in [-0.2, 0) is 0 Å². The number of carbonyl (C=O) groups is 1. The van der Waals surface area contributed by atoms with Crippen molar-refractivity contribution in [2.75, 3.05) is 25.3 Å². The number of nitrogens with zero attached hydrogens (tertiary/aromatic N) is 2. The number of nitrogens with one attached hydrogen (secondary N) is 3. The van der Waals surface area contributed by atoms with Crippen molar-refractivity contribution in [3.63, 3.8) is 0 Å². The van der Waals surface area contributed by atoms with Crippen molar-refractivity contribution in [2.45, 2.75) is 18.8 Å². The maximum Gasteiger partial charge on any atom is 0.319 e. The summed E-state index contributed by atoms with van der Waals surface area (Å²) in [5.74, 6) is 4.19. The minimum Gasteiger partial charge on any atom is -0.492 e. The third-order valence-corrected chi connectivity index (χ3v) is 4.87. The fraction of sp³-hybridized carbons (Fsp3) is 0.286. The van der Waals surface area contributed by atoms with Crippen LogP contribution in [0.1, 0.15) is 24.6 Å². The van der Waals surface area contributed by atoms with Crippen molar-refractivity contribution in [3.8, 4) is 28.6 Å². The minimum absolute atomic E-state index is 0.223. The molecular formula is C21H21N5O4. The number of rotatable bonds is 7. The Kier molecular flexibility index (Phi) is 4.84. The molecule has 5 rings (SSSR count). The fourth-order valence-corrected chi connectivity index (χ4v) is 3.12. The van der Waals surface area contributed by atoms with Gasteiger partial charge in [-0.15, -0.1) is 0 Å². The number of urea groups is 1. The number of amides is 2. The van der Waals surface area contributed by atoms with Gasteiger partial charge in [0.1, 0.15) is 18.2 Å². The monoisotopic (exact) mass is 407 g/mol. The van der Waals surface area contributed by atoms with Crippen molar-refractivity contribution in [2.24, 2.45) is 0 Å². The topological polar surface area (TPSA) is 110 Å². The molecule has 1 fully saturated rings. The average Bonchev–Trinajstić information content (AvgIpc) is 3.30. The number of hydrogen-bond acceptors (Lipinski definition) is 6. The average molecular weight is 407 g/mol. The van der Waals surface area contributed by atoms with Crippen LogP contribution >= 0.6 is 0 Å². The van der Waals surface area contributed by atoms with E-state index >= 15 is 0 Å².